The number of carbonyl (C=O) groups excluding carboxylic acids is 2. The van der Waals surface area contributed by atoms with Gasteiger partial charge in [-0.05, 0) is 49.4 Å². The van der Waals surface area contributed by atoms with E-state index in [0.717, 1.165) is 16.0 Å². The molecule has 0 saturated carbocycles. The van der Waals surface area contributed by atoms with E-state index in [2.05, 4.69) is 9.73 Å². The van der Waals surface area contributed by atoms with Gasteiger partial charge in [-0.2, -0.15) is 4.99 Å². The van der Waals surface area contributed by atoms with Gasteiger partial charge in [0, 0.05) is 19.2 Å². The fourth-order valence-electron chi connectivity index (χ4n) is 2.81. The Kier molecular flexibility index (Phi) is 6.79. The Morgan fingerprint density at radius 3 is 2.45 bits per heavy atom. The molecule has 0 aliphatic rings. The van der Waals surface area contributed by atoms with Gasteiger partial charge < -0.3 is 18.8 Å². The Morgan fingerprint density at radius 1 is 1.07 bits per heavy atom. The highest BCUT2D eigenvalue weighted by molar-refractivity contribution is 7.16. The van der Waals surface area contributed by atoms with Crippen molar-refractivity contribution in [1.29, 1.82) is 0 Å². The van der Waals surface area contributed by atoms with Gasteiger partial charge in [-0.1, -0.05) is 11.3 Å². The highest BCUT2D eigenvalue weighted by Crippen LogP contribution is 2.23. The lowest BCUT2D eigenvalue weighted by molar-refractivity contribution is 0.0600. The summed E-state index contributed by atoms with van der Waals surface area (Å²) in [7, 11) is 2.95. The van der Waals surface area contributed by atoms with Crippen molar-refractivity contribution in [3.63, 3.8) is 0 Å². The van der Waals surface area contributed by atoms with Crippen LogP contribution in [0.2, 0.25) is 0 Å². The Balaban J connectivity index is 2.00. The number of methoxy groups -OCH3 is 2. The molecule has 0 aliphatic heterocycles. The van der Waals surface area contributed by atoms with Crippen LogP contribution in [0, 0.1) is 0 Å². The van der Waals surface area contributed by atoms with Crippen LogP contribution in [0.3, 0.4) is 0 Å². The molecule has 0 fully saturated rings. The van der Waals surface area contributed by atoms with Crippen LogP contribution in [-0.4, -0.2) is 43.9 Å². The molecule has 2 aromatic carbocycles. The normalized spacial score (nSPS) is 11.6. The number of hydrogen-bond donors (Lipinski definition) is 0. The molecule has 1 heterocycles. The first-order chi connectivity index (χ1) is 14.1. The topological polar surface area (TPSA) is 79.1 Å². The summed E-state index contributed by atoms with van der Waals surface area (Å²) in [6.45, 7) is 3.58. The molecule has 0 spiro atoms. The van der Waals surface area contributed by atoms with E-state index in [1.807, 2.05) is 29.7 Å². The summed E-state index contributed by atoms with van der Waals surface area (Å²) >= 11 is 1.41. The monoisotopic (exact) mass is 414 g/mol. The predicted octanol–water partition coefficient (Wildman–Crippen LogP) is 3.28. The van der Waals surface area contributed by atoms with Gasteiger partial charge in [0.2, 0.25) is 0 Å². The van der Waals surface area contributed by atoms with E-state index in [4.69, 9.17) is 9.47 Å². The van der Waals surface area contributed by atoms with Gasteiger partial charge in [-0.15, -0.1) is 0 Å². The number of carbonyl (C=O) groups is 2. The van der Waals surface area contributed by atoms with Crippen molar-refractivity contribution in [2.45, 2.75) is 13.5 Å². The summed E-state index contributed by atoms with van der Waals surface area (Å²) < 4.78 is 18.4. The van der Waals surface area contributed by atoms with Crippen molar-refractivity contribution in [2.24, 2.45) is 4.99 Å². The second-order valence-electron chi connectivity index (χ2n) is 6.08. The number of ether oxygens (including phenoxy) is 3. The largest absolute Gasteiger partial charge is 0.494 e. The van der Waals surface area contributed by atoms with Crippen LogP contribution in [0.25, 0.3) is 10.2 Å². The molecule has 0 radical (unpaired) electrons. The van der Waals surface area contributed by atoms with Gasteiger partial charge in [0.05, 0.1) is 36.1 Å². The van der Waals surface area contributed by atoms with E-state index in [-0.39, 0.29) is 5.91 Å². The second kappa shape index (κ2) is 9.49. The average molecular weight is 414 g/mol. The number of nitrogens with zero attached hydrogens (tertiary/aromatic N) is 2. The van der Waals surface area contributed by atoms with Crippen molar-refractivity contribution in [2.75, 3.05) is 27.4 Å². The van der Waals surface area contributed by atoms with E-state index in [1.165, 1.54) is 18.4 Å². The molecule has 0 saturated heterocycles. The standard InChI is InChI=1S/C21H22N2O5S/c1-4-28-16-9-10-17-18(13-16)29-21(23(17)11-12-26-2)22-19(24)14-5-7-15(8-6-14)20(25)27-3/h5-10,13H,4,11-12H2,1-3H3. The van der Waals surface area contributed by atoms with Crippen molar-refractivity contribution in [3.05, 3.63) is 58.4 Å². The Bertz CT molecular complexity index is 1080. The van der Waals surface area contributed by atoms with Gasteiger partial charge in [0.25, 0.3) is 5.91 Å². The third-order valence-corrected chi connectivity index (χ3v) is 5.28. The van der Waals surface area contributed by atoms with E-state index in [1.54, 1.807) is 31.4 Å². The van der Waals surface area contributed by atoms with Crippen LogP contribution < -0.4 is 9.54 Å². The summed E-state index contributed by atoms with van der Waals surface area (Å²) in [6, 6.07) is 12.0. The number of fused-ring (bicyclic) bond motifs is 1. The minimum atomic E-state index is -0.451. The maximum absolute atomic E-state index is 12.7. The number of thiazole rings is 1. The van der Waals surface area contributed by atoms with Crippen molar-refractivity contribution >= 4 is 33.4 Å². The van der Waals surface area contributed by atoms with Crippen LogP contribution in [0.1, 0.15) is 27.6 Å². The molecule has 29 heavy (non-hydrogen) atoms. The number of rotatable bonds is 7. The van der Waals surface area contributed by atoms with Crippen molar-refractivity contribution in [1.82, 2.24) is 4.57 Å². The molecule has 7 nitrogen and oxygen atoms in total. The fourth-order valence-corrected chi connectivity index (χ4v) is 3.90. The van der Waals surface area contributed by atoms with Gasteiger partial charge in [0.15, 0.2) is 4.80 Å². The van der Waals surface area contributed by atoms with E-state index >= 15 is 0 Å². The summed E-state index contributed by atoms with van der Waals surface area (Å²) in [4.78, 5) is 29.1. The SMILES string of the molecule is CCOc1ccc2c(c1)sc(=NC(=O)c1ccc(C(=O)OC)cc1)n2CCOC. The van der Waals surface area contributed by atoms with Gasteiger partial charge in [-0.3, -0.25) is 4.79 Å². The van der Waals surface area contributed by atoms with Gasteiger partial charge in [-0.25, -0.2) is 4.79 Å². The summed E-state index contributed by atoms with van der Waals surface area (Å²) in [5.74, 6) is -0.0615. The first kappa shape index (κ1) is 20.8. The molecular weight excluding hydrogens is 392 g/mol. The molecule has 152 valence electrons. The Hall–Kier alpha value is -2.97. The third kappa shape index (κ3) is 4.72. The predicted molar refractivity (Wildman–Crippen MR) is 111 cm³/mol. The highest BCUT2D eigenvalue weighted by atomic mass is 32.1. The summed E-state index contributed by atoms with van der Waals surface area (Å²) in [5.41, 5.74) is 1.73. The number of hydrogen-bond acceptors (Lipinski definition) is 6. The third-order valence-electron chi connectivity index (χ3n) is 4.23. The van der Waals surface area contributed by atoms with Crippen LogP contribution in [0.15, 0.2) is 47.5 Å². The minimum absolute atomic E-state index is 0.379. The maximum Gasteiger partial charge on any atom is 0.337 e. The lowest BCUT2D eigenvalue weighted by atomic mass is 10.1. The zero-order valence-electron chi connectivity index (χ0n) is 16.5. The highest BCUT2D eigenvalue weighted by Gasteiger charge is 2.12. The molecular formula is C21H22N2O5S. The average Bonchev–Trinajstić information content (AvgIpc) is 3.08. The molecule has 3 rings (SSSR count). The van der Waals surface area contributed by atoms with E-state index < -0.39 is 5.97 Å². The number of esters is 1. The molecule has 1 amide bonds. The molecule has 0 aliphatic carbocycles. The van der Waals surface area contributed by atoms with Crippen LogP contribution in [0.5, 0.6) is 5.75 Å². The number of benzene rings is 2. The fraction of sp³-hybridized carbons (Fsp3) is 0.286. The zero-order valence-corrected chi connectivity index (χ0v) is 17.3. The van der Waals surface area contributed by atoms with Gasteiger partial charge >= 0.3 is 5.97 Å². The molecule has 0 N–H and O–H groups in total. The second-order valence-corrected chi connectivity index (χ2v) is 7.09. The molecule has 0 atom stereocenters. The van der Waals surface area contributed by atoms with E-state index in [0.29, 0.717) is 35.7 Å². The first-order valence-electron chi connectivity index (χ1n) is 9.10. The Morgan fingerprint density at radius 2 is 1.79 bits per heavy atom. The summed E-state index contributed by atoms with van der Waals surface area (Å²) in [5, 5.41) is 0. The van der Waals surface area contributed by atoms with Crippen LogP contribution >= 0.6 is 11.3 Å². The van der Waals surface area contributed by atoms with Crippen LogP contribution in [0.4, 0.5) is 0 Å². The quantitative estimate of drug-likeness (QED) is 0.555. The number of aromatic nitrogens is 1. The molecule has 3 aromatic rings. The maximum atomic E-state index is 12.7. The first-order valence-corrected chi connectivity index (χ1v) is 9.91. The van der Waals surface area contributed by atoms with Crippen LogP contribution in [-0.2, 0) is 16.0 Å². The zero-order chi connectivity index (χ0) is 20.8. The van der Waals surface area contributed by atoms with Crippen molar-refractivity contribution in [3.8, 4) is 5.75 Å². The molecule has 0 bridgehead atoms. The summed E-state index contributed by atoms with van der Waals surface area (Å²) in [6.07, 6.45) is 0. The minimum Gasteiger partial charge on any atom is -0.494 e. The Labute approximate surface area is 172 Å². The van der Waals surface area contributed by atoms with E-state index in [9.17, 15) is 9.59 Å². The smallest absolute Gasteiger partial charge is 0.337 e. The molecule has 8 heteroatoms. The lowest BCUT2D eigenvalue weighted by Crippen LogP contribution is -2.19. The van der Waals surface area contributed by atoms with Crippen molar-refractivity contribution < 1.29 is 23.8 Å². The molecule has 1 aromatic heterocycles. The number of amides is 1. The van der Waals surface area contributed by atoms with Gasteiger partial charge in [0.1, 0.15) is 5.75 Å². The lowest BCUT2D eigenvalue weighted by Gasteiger charge is -2.06. The molecule has 0 unspecified atom stereocenters.